The zero-order valence-corrected chi connectivity index (χ0v) is 10.8. The second-order valence-electron chi connectivity index (χ2n) is 4.30. The summed E-state index contributed by atoms with van der Waals surface area (Å²) in [4.78, 5) is 12.7. The molecule has 0 radical (unpaired) electrons. The topological polar surface area (TPSA) is 64.9 Å². The number of carbonyl (C=O) groups excluding carboxylic acids is 1. The number of hydrogen-bond acceptors (Lipinski definition) is 4. The van der Waals surface area contributed by atoms with E-state index in [1.807, 2.05) is 13.8 Å². The van der Waals surface area contributed by atoms with Gasteiger partial charge in [-0.15, -0.1) is 11.3 Å². The number of thiophene rings is 1. The molecule has 17 heavy (non-hydrogen) atoms. The van der Waals surface area contributed by atoms with E-state index in [0.717, 1.165) is 23.3 Å². The fourth-order valence-electron chi connectivity index (χ4n) is 1.54. The molecule has 1 fully saturated rings. The van der Waals surface area contributed by atoms with Crippen LogP contribution in [0.3, 0.4) is 0 Å². The van der Waals surface area contributed by atoms with Crippen molar-refractivity contribution in [2.24, 2.45) is 0 Å². The van der Waals surface area contributed by atoms with Crippen molar-refractivity contribution in [3.8, 4) is 6.07 Å². The van der Waals surface area contributed by atoms with Gasteiger partial charge in [-0.05, 0) is 32.3 Å². The van der Waals surface area contributed by atoms with Gasteiger partial charge in [0.25, 0.3) is 0 Å². The van der Waals surface area contributed by atoms with E-state index in [1.54, 1.807) is 0 Å². The fourth-order valence-corrected chi connectivity index (χ4v) is 2.57. The number of nitrogens with one attached hydrogen (secondary N) is 2. The molecule has 0 spiro atoms. The number of nitriles is 1. The molecule has 1 aromatic rings. The predicted octanol–water partition coefficient (Wildman–Crippen LogP) is 1.93. The molecule has 1 heterocycles. The van der Waals surface area contributed by atoms with E-state index in [9.17, 15) is 4.79 Å². The maximum absolute atomic E-state index is 11.7. The second-order valence-corrected chi connectivity index (χ2v) is 5.53. The molecule has 0 aliphatic heterocycles. The minimum absolute atomic E-state index is 0.0744. The third kappa shape index (κ3) is 2.84. The minimum atomic E-state index is -0.0744. The first-order valence-corrected chi connectivity index (χ1v) is 6.46. The molecule has 0 saturated heterocycles. The van der Waals surface area contributed by atoms with Gasteiger partial charge in [-0.1, -0.05) is 0 Å². The lowest BCUT2D eigenvalue weighted by atomic mass is 10.2. The van der Waals surface area contributed by atoms with Crippen molar-refractivity contribution in [1.29, 1.82) is 5.26 Å². The lowest BCUT2D eigenvalue weighted by molar-refractivity contribution is -0.115. The first-order valence-electron chi connectivity index (χ1n) is 5.65. The Morgan fingerprint density at radius 3 is 2.82 bits per heavy atom. The minimum Gasteiger partial charge on any atom is -0.315 e. The summed E-state index contributed by atoms with van der Waals surface area (Å²) in [6, 6.07) is 2.66. The molecular weight excluding hydrogens is 234 g/mol. The summed E-state index contributed by atoms with van der Waals surface area (Å²) in [5.74, 6) is -0.0744. The van der Waals surface area contributed by atoms with Crippen LogP contribution in [0.2, 0.25) is 0 Å². The van der Waals surface area contributed by atoms with Crippen molar-refractivity contribution in [2.45, 2.75) is 32.7 Å². The summed E-state index contributed by atoms with van der Waals surface area (Å²) >= 11 is 1.46. The molecular formula is C12H15N3OS. The van der Waals surface area contributed by atoms with Crippen molar-refractivity contribution in [2.75, 3.05) is 11.9 Å². The Kier molecular flexibility index (Phi) is 3.46. The largest absolute Gasteiger partial charge is 0.315 e. The van der Waals surface area contributed by atoms with Gasteiger partial charge in [0, 0.05) is 10.9 Å². The van der Waals surface area contributed by atoms with E-state index >= 15 is 0 Å². The van der Waals surface area contributed by atoms with Crippen LogP contribution in [0.4, 0.5) is 5.00 Å². The monoisotopic (exact) mass is 249 g/mol. The summed E-state index contributed by atoms with van der Waals surface area (Å²) in [6.45, 7) is 4.19. The van der Waals surface area contributed by atoms with Crippen LogP contribution in [0.1, 0.15) is 28.8 Å². The Hall–Kier alpha value is -1.38. The Labute approximate surface area is 105 Å². The SMILES string of the molecule is Cc1sc(NC(=O)CNC2CC2)c(C#N)c1C. The van der Waals surface area contributed by atoms with Crippen molar-refractivity contribution in [3.05, 3.63) is 16.0 Å². The Bertz CT molecular complexity index is 483. The molecule has 1 amide bonds. The molecule has 2 N–H and O–H groups in total. The van der Waals surface area contributed by atoms with E-state index in [0.29, 0.717) is 23.2 Å². The van der Waals surface area contributed by atoms with Crippen LogP contribution in [0.25, 0.3) is 0 Å². The highest BCUT2D eigenvalue weighted by molar-refractivity contribution is 7.16. The predicted molar refractivity (Wildman–Crippen MR) is 68.2 cm³/mol. The van der Waals surface area contributed by atoms with Gasteiger partial charge in [0.05, 0.1) is 12.1 Å². The van der Waals surface area contributed by atoms with Gasteiger partial charge in [0.15, 0.2) is 0 Å². The van der Waals surface area contributed by atoms with Crippen LogP contribution in [-0.2, 0) is 4.79 Å². The van der Waals surface area contributed by atoms with Gasteiger partial charge >= 0.3 is 0 Å². The van der Waals surface area contributed by atoms with E-state index in [2.05, 4.69) is 16.7 Å². The summed E-state index contributed by atoms with van der Waals surface area (Å²) in [6.07, 6.45) is 2.32. The van der Waals surface area contributed by atoms with Crippen LogP contribution in [0.15, 0.2) is 0 Å². The molecule has 90 valence electrons. The first-order chi connectivity index (χ1) is 8.11. The standard InChI is InChI=1S/C12H15N3OS/c1-7-8(2)17-12(10(7)5-13)15-11(16)6-14-9-3-4-9/h9,14H,3-4,6H2,1-2H3,(H,15,16). The molecule has 1 aromatic heterocycles. The number of nitrogens with zero attached hydrogens (tertiary/aromatic N) is 1. The van der Waals surface area contributed by atoms with Crippen molar-refractivity contribution < 1.29 is 4.79 Å². The normalized spacial score (nSPS) is 14.4. The van der Waals surface area contributed by atoms with Gasteiger partial charge < -0.3 is 10.6 Å². The zero-order chi connectivity index (χ0) is 12.4. The van der Waals surface area contributed by atoms with Gasteiger partial charge in [-0.25, -0.2) is 0 Å². The summed E-state index contributed by atoms with van der Waals surface area (Å²) < 4.78 is 0. The van der Waals surface area contributed by atoms with Gasteiger partial charge in [-0.2, -0.15) is 5.26 Å². The molecule has 0 unspecified atom stereocenters. The Balaban J connectivity index is 1.99. The summed E-state index contributed by atoms with van der Waals surface area (Å²) in [7, 11) is 0. The van der Waals surface area contributed by atoms with E-state index in [4.69, 9.17) is 5.26 Å². The van der Waals surface area contributed by atoms with Crippen LogP contribution in [-0.4, -0.2) is 18.5 Å². The molecule has 1 aliphatic rings. The lowest BCUT2D eigenvalue weighted by Gasteiger charge is -2.04. The van der Waals surface area contributed by atoms with Crippen LogP contribution in [0, 0.1) is 25.2 Å². The van der Waals surface area contributed by atoms with Crippen LogP contribution in [0.5, 0.6) is 0 Å². The molecule has 0 atom stereocenters. The Morgan fingerprint density at radius 2 is 2.24 bits per heavy atom. The molecule has 4 nitrogen and oxygen atoms in total. The molecule has 1 saturated carbocycles. The van der Waals surface area contributed by atoms with Gasteiger partial charge in [0.2, 0.25) is 5.91 Å². The zero-order valence-electron chi connectivity index (χ0n) is 9.96. The molecule has 0 aromatic carbocycles. The number of carbonyl (C=O) groups is 1. The average molecular weight is 249 g/mol. The number of hydrogen-bond donors (Lipinski definition) is 2. The lowest BCUT2D eigenvalue weighted by Crippen LogP contribution is -2.29. The number of amides is 1. The van der Waals surface area contributed by atoms with Crippen molar-refractivity contribution >= 4 is 22.2 Å². The second kappa shape index (κ2) is 4.86. The molecule has 2 rings (SSSR count). The number of rotatable bonds is 4. The number of aryl methyl sites for hydroxylation is 1. The van der Waals surface area contributed by atoms with Gasteiger partial charge in [0.1, 0.15) is 11.1 Å². The molecule has 1 aliphatic carbocycles. The maximum atomic E-state index is 11.7. The summed E-state index contributed by atoms with van der Waals surface area (Å²) in [5, 5.41) is 15.7. The Morgan fingerprint density at radius 1 is 1.53 bits per heavy atom. The first kappa shape index (κ1) is 12.1. The van der Waals surface area contributed by atoms with Crippen LogP contribution >= 0.6 is 11.3 Å². The van der Waals surface area contributed by atoms with E-state index in [-0.39, 0.29) is 5.91 Å². The third-order valence-electron chi connectivity index (χ3n) is 2.88. The van der Waals surface area contributed by atoms with Crippen molar-refractivity contribution in [3.63, 3.8) is 0 Å². The summed E-state index contributed by atoms with van der Waals surface area (Å²) in [5.41, 5.74) is 1.55. The van der Waals surface area contributed by atoms with E-state index in [1.165, 1.54) is 11.3 Å². The molecule has 0 bridgehead atoms. The smallest absolute Gasteiger partial charge is 0.238 e. The quantitative estimate of drug-likeness (QED) is 0.857. The number of anilines is 1. The maximum Gasteiger partial charge on any atom is 0.238 e. The third-order valence-corrected chi connectivity index (χ3v) is 4.00. The van der Waals surface area contributed by atoms with Gasteiger partial charge in [-0.3, -0.25) is 4.79 Å². The highest BCUT2D eigenvalue weighted by Gasteiger charge is 2.21. The molecule has 5 heteroatoms. The van der Waals surface area contributed by atoms with Crippen LogP contribution < -0.4 is 10.6 Å². The highest BCUT2D eigenvalue weighted by atomic mass is 32.1. The van der Waals surface area contributed by atoms with Crippen molar-refractivity contribution in [1.82, 2.24) is 5.32 Å². The van der Waals surface area contributed by atoms with E-state index < -0.39 is 0 Å². The fraction of sp³-hybridized carbons (Fsp3) is 0.500. The highest BCUT2D eigenvalue weighted by Crippen LogP contribution is 2.31. The average Bonchev–Trinajstić information content (AvgIpc) is 3.06.